The van der Waals surface area contributed by atoms with Crippen molar-refractivity contribution in [3.05, 3.63) is 22.4 Å². The number of rotatable bonds is 3. The fraction of sp³-hybridized carbons (Fsp3) is 0.333. The zero-order valence-electron chi connectivity index (χ0n) is 7.36. The predicted octanol–water partition coefficient (Wildman–Crippen LogP) is 1.27. The summed E-state index contributed by atoms with van der Waals surface area (Å²) < 4.78 is 0. The first-order chi connectivity index (χ1) is 6.24. The van der Waals surface area contributed by atoms with Crippen LogP contribution in [0.1, 0.15) is 4.88 Å². The second-order valence-corrected chi connectivity index (χ2v) is 3.70. The first kappa shape index (κ1) is 9.75. The number of hydrogen-bond acceptors (Lipinski definition) is 3. The number of thiophene rings is 1. The minimum atomic E-state index is -0.0102. The van der Waals surface area contributed by atoms with Gasteiger partial charge in [-0.1, -0.05) is 6.07 Å². The van der Waals surface area contributed by atoms with Gasteiger partial charge in [-0.3, -0.25) is 4.79 Å². The van der Waals surface area contributed by atoms with E-state index < -0.39 is 0 Å². The molecule has 1 heterocycles. The highest BCUT2D eigenvalue weighted by Crippen LogP contribution is 2.09. The quantitative estimate of drug-likeness (QED) is 0.680. The summed E-state index contributed by atoms with van der Waals surface area (Å²) in [4.78, 5) is 13.8. The van der Waals surface area contributed by atoms with Crippen molar-refractivity contribution < 1.29 is 4.79 Å². The summed E-state index contributed by atoms with van der Waals surface area (Å²) >= 11 is 1.56. The van der Waals surface area contributed by atoms with Crippen molar-refractivity contribution in [3.8, 4) is 6.07 Å². The molecule has 0 atom stereocenters. The summed E-state index contributed by atoms with van der Waals surface area (Å²) in [6.07, 6.45) is 0.399. The third-order valence-electron chi connectivity index (χ3n) is 1.64. The number of nitrogens with zero attached hydrogens (tertiary/aromatic N) is 2. The Hall–Kier alpha value is -1.34. The summed E-state index contributed by atoms with van der Waals surface area (Å²) in [5, 5.41) is 10.3. The van der Waals surface area contributed by atoms with Crippen LogP contribution in [0.3, 0.4) is 0 Å². The van der Waals surface area contributed by atoms with Crippen LogP contribution in [0.4, 0.5) is 0 Å². The third kappa shape index (κ3) is 2.88. The smallest absolute Gasteiger partial charge is 0.228 e. The fourth-order valence-corrected chi connectivity index (χ4v) is 1.59. The molecule has 0 spiro atoms. The molecule has 3 nitrogen and oxygen atoms in total. The Kier molecular flexibility index (Phi) is 3.47. The zero-order chi connectivity index (χ0) is 9.68. The van der Waals surface area contributed by atoms with Crippen LogP contribution in [-0.4, -0.2) is 24.4 Å². The van der Waals surface area contributed by atoms with Crippen molar-refractivity contribution >= 4 is 17.2 Å². The molecule has 0 bridgehead atoms. The Morgan fingerprint density at radius 3 is 3.08 bits per heavy atom. The number of carbonyl (C=O) groups excluding carboxylic acids is 1. The average Bonchev–Trinajstić information content (AvgIpc) is 2.57. The molecule has 0 aromatic carbocycles. The second kappa shape index (κ2) is 4.63. The second-order valence-electron chi connectivity index (χ2n) is 2.66. The Bertz CT molecular complexity index is 313. The molecule has 0 radical (unpaired) electrons. The van der Waals surface area contributed by atoms with Gasteiger partial charge < -0.3 is 4.90 Å². The molecule has 0 aliphatic rings. The maximum absolute atomic E-state index is 11.4. The lowest BCUT2D eigenvalue weighted by atomic mass is 10.3. The average molecular weight is 194 g/mol. The van der Waals surface area contributed by atoms with Crippen LogP contribution in [-0.2, 0) is 11.2 Å². The minimum Gasteiger partial charge on any atom is -0.332 e. The lowest BCUT2D eigenvalue weighted by Crippen LogP contribution is -2.28. The van der Waals surface area contributed by atoms with Crippen LogP contribution >= 0.6 is 11.3 Å². The van der Waals surface area contributed by atoms with Crippen LogP contribution < -0.4 is 0 Å². The van der Waals surface area contributed by atoms with E-state index in [-0.39, 0.29) is 12.5 Å². The summed E-state index contributed by atoms with van der Waals surface area (Å²) in [5.74, 6) is -0.0102. The Morgan fingerprint density at radius 2 is 2.54 bits per heavy atom. The largest absolute Gasteiger partial charge is 0.332 e. The van der Waals surface area contributed by atoms with Gasteiger partial charge in [0.05, 0.1) is 12.5 Å². The van der Waals surface area contributed by atoms with Gasteiger partial charge in [-0.25, -0.2) is 0 Å². The number of hydrogen-bond donors (Lipinski definition) is 0. The molecule has 1 amide bonds. The molecule has 0 N–H and O–H groups in total. The molecule has 0 aliphatic carbocycles. The Morgan fingerprint density at radius 1 is 1.77 bits per heavy atom. The molecule has 1 aromatic rings. The number of likely N-dealkylation sites (N-methyl/N-ethyl adjacent to an activating group) is 1. The van der Waals surface area contributed by atoms with Gasteiger partial charge in [0.2, 0.25) is 5.91 Å². The molecule has 0 unspecified atom stereocenters. The van der Waals surface area contributed by atoms with Crippen LogP contribution in [0.25, 0.3) is 0 Å². The van der Waals surface area contributed by atoms with Crippen molar-refractivity contribution in [2.75, 3.05) is 13.6 Å². The van der Waals surface area contributed by atoms with Crippen molar-refractivity contribution in [1.29, 1.82) is 5.26 Å². The van der Waals surface area contributed by atoms with Crippen molar-refractivity contribution in [2.45, 2.75) is 6.42 Å². The standard InChI is InChI=1S/C9H10N2OS/c1-11(5-4-10)9(12)7-8-3-2-6-13-8/h2-3,6H,5,7H2,1H3. The van der Waals surface area contributed by atoms with Gasteiger partial charge in [0.1, 0.15) is 6.54 Å². The molecule has 0 saturated carbocycles. The summed E-state index contributed by atoms with van der Waals surface area (Å²) in [6, 6.07) is 5.77. The topological polar surface area (TPSA) is 44.1 Å². The lowest BCUT2D eigenvalue weighted by Gasteiger charge is -2.11. The SMILES string of the molecule is CN(CC#N)C(=O)Cc1cccs1. The van der Waals surface area contributed by atoms with E-state index in [1.54, 1.807) is 18.4 Å². The highest BCUT2D eigenvalue weighted by atomic mass is 32.1. The minimum absolute atomic E-state index is 0.0102. The van der Waals surface area contributed by atoms with Gasteiger partial charge in [0.15, 0.2) is 0 Å². The summed E-state index contributed by atoms with van der Waals surface area (Å²) in [6.45, 7) is 0.157. The van der Waals surface area contributed by atoms with E-state index in [9.17, 15) is 4.79 Å². The first-order valence-electron chi connectivity index (χ1n) is 3.87. The summed E-state index contributed by atoms with van der Waals surface area (Å²) in [5.41, 5.74) is 0. The van der Waals surface area contributed by atoms with Gasteiger partial charge in [0, 0.05) is 11.9 Å². The number of nitriles is 1. The van der Waals surface area contributed by atoms with E-state index in [0.717, 1.165) is 4.88 Å². The van der Waals surface area contributed by atoms with Crippen molar-refractivity contribution in [1.82, 2.24) is 4.90 Å². The monoisotopic (exact) mass is 194 g/mol. The first-order valence-corrected chi connectivity index (χ1v) is 4.75. The molecule has 13 heavy (non-hydrogen) atoms. The van der Waals surface area contributed by atoms with Gasteiger partial charge in [-0.2, -0.15) is 5.26 Å². The van der Waals surface area contributed by atoms with E-state index in [1.807, 2.05) is 23.6 Å². The van der Waals surface area contributed by atoms with Gasteiger partial charge in [0.25, 0.3) is 0 Å². The molecule has 68 valence electrons. The maximum Gasteiger partial charge on any atom is 0.228 e. The molecule has 0 aliphatic heterocycles. The maximum atomic E-state index is 11.4. The molecule has 0 fully saturated rings. The van der Waals surface area contributed by atoms with E-state index in [4.69, 9.17) is 5.26 Å². The third-order valence-corrected chi connectivity index (χ3v) is 2.52. The highest BCUT2D eigenvalue weighted by molar-refractivity contribution is 7.10. The lowest BCUT2D eigenvalue weighted by molar-refractivity contribution is -0.128. The summed E-state index contributed by atoms with van der Waals surface area (Å²) in [7, 11) is 1.64. The fourth-order valence-electron chi connectivity index (χ4n) is 0.891. The van der Waals surface area contributed by atoms with E-state index in [2.05, 4.69) is 0 Å². The molecule has 1 rings (SSSR count). The normalized spacial score (nSPS) is 9.23. The van der Waals surface area contributed by atoms with Crippen LogP contribution in [0.15, 0.2) is 17.5 Å². The highest BCUT2D eigenvalue weighted by Gasteiger charge is 2.08. The van der Waals surface area contributed by atoms with E-state index in [0.29, 0.717) is 6.42 Å². The molecule has 0 saturated heterocycles. The molecular formula is C9H10N2OS. The molecule has 4 heteroatoms. The number of amides is 1. The van der Waals surface area contributed by atoms with Crippen molar-refractivity contribution in [3.63, 3.8) is 0 Å². The number of carbonyl (C=O) groups is 1. The van der Waals surface area contributed by atoms with Crippen molar-refractivity contribution in [2.24, 2.45) is 0 Å². The van der Waals surface area contributed by atoms with Gasteiger partial charge in [-0.15, -0.1) is 11.3 Å². The van der Waals surface area contributed by atoms with Gasteiger partial charge >= 0.3 is 0 Å². The molecular weight excluding hydrogens is 184 g/mol. The predicted molar refractivity (Wildman–Crippen MR) is 51.3 cm³/mol. The Balaban J connectivity index is 2.47. The van der Waals surface area contributed by atoms with Crippen LogP contribution in [0.5, 0.6) is 0 Å². The zero-order valence-corrected chi connectivity index (χ0v) is 8.17. The molecule has 1 aromatic heterocycles. The Labute approximate surface area is 81.2 Å². The van der Waals surface area contributed by atoms with Crippen LogP contribution in [0.2, 0.25) is 0 Å². The van der Waals surface area contributed by atoms with E-state index in [1.165, 1.54) is 4.90 Å². The van der Waals surface area contributed by atoms with Gasteiger partial charge in [-0.05, 0) is 11.4 Å². The van der Waals surface area contributed by atoms with E-state index >= 15 is 0 Å². The van der Waals surface area contributed by atoms with Crippen LogP contribution in [0, 0.1) is 11.3 Å².